The highest BCUT2D eigenvalue weighted by Crippen LogP contribution is 2.47. The highest BCUT2D eigenvalue weighted by atomic mass is 16.1. The molecule has 3 heteroatoms. The zero-order valence-corrected chi connectivity index (χ0v) is 13.0. The van der Waals surface area contributed by atoms with Gasteiger partial charge in [0, 0.05) is 24.1 Å². The molecule has 1 fully saturated rings. The summed E-state index contributed by atoms with van der Waals surface area (Å²) in [4.78, 5) is 16.5. The van der Waals surface area contributed by atoms with Gasteiger partial charge in [0.15, 0.2) is 0 Å². The Morgan fingerprint density at radius 2 is 2.36 bits per heavy atom. The lowest BCUT2D eigenvalue weighted by atomic mass is 9.87. The number of nitrogens with one attached hydrogen (secondary N) is 1. The van der Waals surface area contributed by atoms with Gasteiger partial charge in [-0.3, -0.25) is 9.79 Å². The van der Waals surface area contributed by atoms with Gasteiger partial charge in [-0.1, -0.05) is 36.5 Å². The van der Waals surface area contributed by atoms with Crippen LogP contribution in [0.1, 0.15) is 26.2 Å². The predicted octanol–water partition coefficient (Wildman–Crippen LogP) is 3.49. The Bertz CT molecular complexity index is 642. The molecule has 0 saturated heterocycles. The highest BCUT2D eigenvalue weighted by molar-refractivity contribution is 6.07. The van der Waals surface area contributed by atoms with Crippen molar-refractivity contribution < 1.29 is 4.79 Å². The molecule has 22 heavy (non-hydrogen) atoms. The van der Waals surface area contributed by atoms with Crippen molar-refractivity contribution in [1.29, 1.82) is 0 Å². The lowest BCUT2D eigenvalue weighted by Gasteiger charge is -2.16. The van der Waals surface area contributed by atoms with Crippen molar-refractivity contribution in [2.45, 2.75) is 26.2 Å². The summed E-state index contributed by atoms with van der Waals surface area (Å²) in [5.74, 6) is 0.234. The van der Waals surface area contributed by atoms with Crippen LogP contribution < -0.4 is 5.32 Å². The van der Waals surface area contributed by atoms with E-state index in [0.717, 1.165) is 11.3 Å². The van der Waals surface area contributed by atoms with Crippen molar-refractivity contribution in [3.05, 3.63) is 60.4 Å². The maximum Gasteiger partial charge on any atom is 0.224 e. The number of fused-ring (bicyclic) bond motifs is 1. The smallest absolute Gasteiger partial charge is 0.224 e. The zero-order chi connectivity index (χ0) is 15.6. The molecule has 1 unspecified atom stereocenters. The zero-order valence-electron chi connectivity index (χ0n) is 13.0. The average Bonchev–Trinajstić information content (AvgIpc) is 3.19. The van der Waals surface area contributed by atoms with E-state index in [2.05, 4.69) is 42.0 Å². The quantitative estimate of drug-likeness (QED) is 0.749. The van der Waals surface area contributed by atoms with Gasteiger partial charge in [0.05, 0.1) is 12.1 Å². The van der Waals surface area contributed by atoms with Gasteiger partial charge in [-0.25, -0.2) is 0 Å². The van der Waals surface area contributed by atoms with E-state index in [0.29, 0.717) is 13.0 Å². The van der Waals surface area contributed by atoms with E-state index in [4.69, 9.17) is 0 Å². The third-order valence-electron chi connectivity index (χ3n) is 4.58. The second kappa shape index (κ2) is 5.91. The third-order valence-corrected chi connectivity index (χ3v) is 4.58. The Balaban J connectivity index is 1.46. The van der Waals surface area contributed by atoms with Gasteiger partial charge in [-0.15, -0.1) is 6.58 Å². The molecular weight excluding hydrogens is 272 g/mol. The molecule has 0 aromatic carbocycles. The molecule has 2 aliphatic carbocycles. The Labute approximate surface area is 131 Å². The van der Waals surface area contributed by atoms with E-state index < -0.39 is 0 Å². The molecule has 0 aromatic rings. The minimum atomic E-state index is 0.0522. The van der Waals surface area contributed by atoms with E-state index >= 15 is 0 Å². The minimum Gasteiger partial charge on any atom is -0.352 e. The molecular formula is C19H22N2O. The number of rotatable bonds is 6. The lowest BCUT2D eigenvalue weighted by Crippen LogP contribution is -2.25. The topological polar surface area (TPSA) is 41.5 Å². The first-order valence-electron chi connectivity index (χ1n) is 7.84. The van der Waals surface area contributed by atoms with Crippen LogP contribution in [0.5, 0.6) is 0 Å². The molecule has 1 atom stereocenters. The molecule has 1 aliphatic heterocycles. The fourth-order valence-corrected chi connectivity index (χ4v) is 2.90. The molecule has 3 nitrogen and oxygen atoms in total. The Kier molecular flexibility index (Phi) is 3.97. The molecule has 0 aromatic heterocycles. The normalized spacial score (nSPS) is 24.4. The maximum atomic E-state index is 12.1. The van der Waals surface area contributed by atoms with Crippen LogP contribution in [0.3, 0.4) is 0 Å². The summed E-state index contributed by atoms with van der Waals surface area (Å²) < 4.78 is 0. The van der Waals surface area contributed by atoms with Crippen molar-refractivity contribution in [2.75, 3.05) is 6.54 Å². The van der Waals surface area contributed by atoms with E-state index in [1.54, 1.807) is 0 Å². The van der Waals surface area contributed by atoms with Gasteiger partial charge < -0.3 is 5.32 Å². The number of allylic oxidation sites excluding steroid dienone is 6. The molecule has 3 rings (SSSR count). The first-order valence-corrected chi connectivity index (χ1v) is 7.84. The van der Waals surface area contributed by atoms with Gasteiger partial charge in [0.2, 0.25) is 5.91 Å². The number of nitrogens with zero attached hydrogens (tertiary/aromatic N) is 1. The van der Waals surface area contributed by atoms with Crippen LogP contribution in [0.4, 0.5) is 0 Å². The standard InChI is InChI=1S/C19H22N2O/c1-3-19(9-10-19)8-5-11-20-17(22)12-15-13-21-18-14(2)6-4-7-16(15)18/h3-8,13,16H,1,9-12H2,2H3,(H,20,22)/b8-5+. The first kappa shape index (κ1) is 14.8. The van der Waals surface area contributed by atoms with E-state index in [1.807, 2.05) is 24.4 Å². The number of aliphatic imine (C=N–C) groups is 1. The highest BCUT2D eigenvalue weighted by Gasteiger charge is 2.36. The molecule has 3 aliphatic rings. The summed E-state index contributed by atoms with van der Waals surface area (Å²) in [6.07, 6.45) is 17.0. The number of hydrogen-bond acceptors (Lipinski definition) is 2. The Hall–Kier alpha value is -2.16. The molecule has 1 saturated carbocycles. The van der Waals surface area contributed by atoms with Gasteiger partial charge >= 0.3 is 0 Å². The van der Waals surface area contributed by atoms with Gasteiger partial charge in [0.25, 0.3) is 0 Å². The molecule has 1 N–H and O–H groups in total. The molecule has 0 bridgehead atoms. The van der Waals surface area contributed by atoms with Gasteiger partial charge in [-0.2, -0.15) is 0 Å². The van der Waals surface area contributed by atoms with E-state index in [9.17, 15) is 4.79 Å². The average molecular weight is 294 g/mol. The second-order valence-corrected chi connectivity index (χ2v) is 6.25. The summed E-state index contributed by atoms with van der Waals surface area (Å²) in [5.41, 5.74) is 3.54. The van der Waals surface area contributed by atoms with Crippen LogP contribution in [0.15, 0.2) is 65.4 Å². The van der Waals surface area contributed by atoms with Crippen molar-refractivity contribution in [3.63, 3.8) is 0 Å². The number of carbonyl (C=O) groups excluding carboxylic acids is 1. The van der Waals surface area contributed by atoms with Crippen molar-refractivity contribution in [3.8, 4) is 0 Å². The van der Waals surface area contributed by atoms with Crippen LogP contribution in [-0.4, -0.2) is 18.2 Å². The van der Waals surface area contributed by atoms with Crippen molar-refractivity contribution in [1.82, 2.24) is 5.32 Å². The largest absolute Gasteiger partial charge is 0.352 e. The van der Waals surface area contributed by atoms with Crippen LogP contribution >= 0.6 is 0 Å². The Morgan fingerprint density at radius 1 is 1.55 bits per heavy atom. The summed E-state index contributed by atoms with van der Waals surface area (Å²) in [5, 5.41) is 2.95. The number of hydrogen-bond donors (Lipinski definition) is 1. The van der Waals surface area contributed by atoms with Gasteiger partial charge in [-0.05, 0) is 30.9 Å². The number of amides is 1. The monoisotopic (exact) mass is 294 g/mol. The van der Waals surface area contributed by atoms with Crippen LogP contribution in [-0.2, 0) is 4.79 Å². The molecule has 0 radical (unpaired) electrons. The summed E-state index contributed by atoms with van der Waals surface area (Å²) in [6, 6.07) is 0. The molecule has 1 heterocycles. The second-order valence-electron chi connectivity index (χ2n) is 6.25. The van der Waals surface area contributed by atoms with Crippen LogP contribution in [0.2, 0.25) is 0 Å². The summed E-state index contributed by atoms with van der Waals surface area (Å²) in [6.45, 7) is 6.49. The van der Waals surface area contributed by atoms with E-state index in [-0.39, 0.29) is 17.2 Å². The van der Waals surface area contributed by atoms with Crippen molar-refractivity contribution in [2.24, 2.45) is 16.3 Å². The first-order chi connectivity index (χ1) is 10.6. The predicted molar refractivity (Wildman–Crippen MR) is 90.5 cm³/mol. The summed E-state index contributed by atoms with van der Waals surface area (Å²) in [7, 11) is 0. The lowest BCUT2D eigenvalue weighted by molar-refractivity contribution is -0.120. The Morgan fingerprint density at radius 3 is 3.09 bits per heavy atom. The number of carbonyl (C=O) groups is 1. The van der Waals surface area contributed by atoms with Crippen LogP contribution in [0.25, 0.3) is 0 Å². The maximum absolute atomic E-state index is 12.1. The van der Waals surface area contributed by atoms with E-state index in [1.165, 1.54) is 18.4 Å². The van der Waals surface area contributed by atoms with Crippen LogP contribution in [0, 0.1) is 11.3 Å². The molecule has 1 amide bonds. The fourth-order valence-electron chi connectivity index (χ4n) is 2.90. The third kappa shape index (κ3) is 3.03. The molecule has 0 spiro atoms. The molecule has 114 valence electrons. The SMILES string of the molecule is C=CC1(/C=C/CNC(=O)CC2=CN=C3C(C)=CC=CC23)CC1. The minimum absolute atomic E-state index is 0.0522. The van der Waals surface area contributed by atoms with Crippen molar-refractivity contribution >= 4 is 11.6 Å². The van der Waals surface area contributed by atoms with Gasteiger partial charge in [0.1, 0.15) is 0 Å². The fraction of sp³-hybridized carbons (Fsp3) is 0.368. The summed E-state index contributed by atoms with van der Waals surface area (Å²) >= 11 is 0.